The molecule has 0 saturated heterocycles. The Bertz CT molecular complexity index is 299. The Morgan fingerprint density at radius 2 is 1.92 bits per heavy atom. The first-order valence-corrected chi connectivity index (χ1v) is 6.44. The first kappa shape index (κ1) is 9.21. The Kier molecular flexibility index (Phi) is 2.43. The van der Waals surface area contributed by atoms with Crippen LogP contribution in [0.2, 0.25) is 0 Å². The lowest BCUT2D eigenvalue weighted by molar-refractivity contribution is 0.0305. The van der Waals surface area contributed by atoms with Crippen LogP contribution in [0, 0.1) is 0 Å². The monoisotopic (exact) mass is 202 g/mol. The van der Waals surface area contributed by atoms with Crippen molar-refractivity contribution in [3.05, 3.63) is 11.5 Å². The second-order valence-electron chi connectivity index (χ2n) is 3.74. The molecule has 4 heteroatoms. The van der Waals surface area contributed by atoms with Crippen LogP contribution < -0.4 is 0 Å². The standard InChI is InChI=1S/C9H14O3S/c10-13(11)6-5-9(7-13)12-8-3-1-2-4-8/h5-6,8-9H,1-4,7H2. The molecule has 0 amide bonds. The summed E-state index contributed by atoms with van der Waals surface area (Å²) < 4.78 is 27.7. The van der Waals surface area contributed by atoms with Crippen molar-refractivity contribution in [3.63, 3.8) is 0 Å². The predicted molar refractivity (Wildman–Crippen MR) is 50.1 cm³/mol. The molecule has 0 aromatic carbocycles. The van der Waals surface area contributed by atoms with Crippen LogP contribution in [0.3, 0.4) is 0 Å². The third-order valence-corrected chi connectivity index (χ3v) is 3.93. The van der Waals surface area contributed by atoms with Crippen molar-refractivity contribution < 1.29 is 13.2 Å². The largest absolute Gasteiger partial charge is 0.370 e. The fraction of sp³-hybridized carbons (Fsp3) is 0.778. The smallest absolute Gasteiger partial charge is 0.174 e. The zero-order chi connectivity index (χ0) is 9.31. The minimum Gasteiger partial charge on any atom is -0.370 e. The van der Waals surface area contributed by atoms with E-state index in [9.17, 15) is 8.42 Å². The average Bonchev–Trinajstić information content (AvgIpc) is 2.61. The van der Waals surface area contributed by atoms with Gasteiger partial charge in [0.15, 0.2) is 9.84 Å². The SMILES string of the molecule is O=S1(=O)C=CC(OC2CCCC2)C1. The first-order valence-electron chi connectivity index (χ1n) is 4.72. The second-order valence-corrected chi connectivity index (χ2v) is 5.67. The maximum atomic E-state index is 11.0. The molecule has 1 fully saturated rings. The lowest BCUT2D eigenvalue weighted by atomic mass is 10.3. The number of hydrogen-bond donors (Lipinski definition) is 0. The van der Waals surface area contributed by atoms with Crippen LogP contribution in [-0.4, -0.2) is 26.4 Å². The molecule has 1 saturated carbocycles. The molecule has 2 aliphatic rings. The van der Waals surface area contributed by atoms with Gasteiger partial charge in [-0.3, -0.25) is 0 Å². The minimum atomic E-state index is -2.94. The van der Waals surface area contributed by atoms with E-state index in [2.05, 4.69) is 0 Å². The van der Waals surface area contributed by atoms with E-state index in [1.54, 1.807) is 6.08 Å². The molecule has 0 aromatic heterocycles. The molecule has 1 aliphatic heterocycles. The van der Waals surface area contributed by atoms with Gasteiger partial charge in [0.05, 0.1) is 18.0 Å². The molecule has 0 N–H and O–H groups in total. The summed E-state index contributed by atoms with van der Waals surface area (Å²) in [6.07, 6.45) is 6.38. The van der Waals surface area contributed by atoms with E-state index < -0.39 is 9.84 Å². The minimum absolute atomic E-state index is 0.142. The Morgan fingerprint density at radius 1 is 1.23 bits per heavy atom. The lowest BCUT2D eigenvalue weighted by Crippen LogP contribution is -2.21. The highest BCUT2D eigenvalue weighted by molar-refractivity contribution is 7.94. The number of hydrogen-bond acceptors (Lipinski definition) is 3. The molecule has 3 nitrogen and oxygen atoms in total. The fourth-order valence-electron chi connectivity index (χ4n) is 1.90. The molecule has 0 radical (unpaired) electrons. The van der Waals surface area contributed by atoms with Gasteiger partial charge >= 0.3 is 0 Å². The molecule has 1 unspecified atom stereocenters. The summed E-state index contributed by atoms with van der Waals surface area (Å²) in [5.41, 5.74) is 0. The molecule has 74 valence electrons. The molecule has 2 rings (SSSR count). The highest BCUT2D eigenvalue weighted by Crippen LogP contribution is 2.24. The van der Waals surface area contributed by atoms with Crippen LogP contribution >= 0.6 is 0 Å². The normalized spacial score (nSPS) is 32.8. The fourth-order valence-corrected chi connectivity index (χ4v) is 3.08. The van der Waals surface area contributed by atoms with Gasteiger partial charge in [-0.2, -0.15) is 0 Å². The van der Waals surface area contributed by atoms with E-state index in [0.717, 1.165) is 12.8 Å². The number of rotatable bonds is 2. The average molecular weight is 202 g/mol. The molecule has 13 heavy (non-hydrogen) atoms. The Hall–Kier alpha value is -0.350. The van der Waals surface area contributed by atoms with Gasteiger partial charge in [-0.15, -0.1) is 0 Å². The van der Waals surface area contributed by atoms with Crippen molar-refractivity contribution in [1.82, 2.24) is 0 Å². The summed E-state index contributed by atoms with van der Waals surface area (Å²) in [6, 6.07) is 0. The molecule has 1 aliphatic carbocycles. The van der Waals surface area contributed by atoms with Crippen molar-refractivity contribution in [1.29, 1.82) is 0 Å². The van der Waals surface area contributed by atoms with Gasteiger partial charge in [-0.1, -0.05) is 12.8 Å². The summed E-state index contributed by atoms with van der Waals surface area (Å²) in [5, 5.41) is 1.27. The van der Waals surface area contributed by atoms with Crippen molar-refractivity contribution >= 4 is 9.84 Å². The van der Waals surface area contributed by atoms with Crippen LogP contribution in [0.1, 0.15) is 25.7 Å². The van der Waals surface area contributed by atoms with Crippen LogP contribution in [0.25, 0.3) is 0 Å². The van der Waals surface area contributed by atoms with E-state index in [1.807, 2.05) is 0 Å². The van der Waals surface area contributed by atoms with Gasteiger partial charge in [0.2, 0.25) is 0 Å². The maximum Gasteiger partial charge on any atom is 0.174 e. The summed E-state index contributed by atoms with van der Waals surface area (Å²) in [7, 11) is -2.94. The zero-order valence-corrected chi connectivity index (χ0v) is 8.29. The van der Waals surface area contributed by atoms with E-state index >= 15 is 0 Å². The molecular weight excluding hydrogens is 188 g/mol. The maximum absolute atomic E-state index is 11.0. The Morgan fingerprint density at radius 3 is 2.46 bits per heavy atom. The lowest BCUT2D eigenvalue weighted by Gasteiger charge is -2.14. The summed E-state index contributed by atoms with van der Waals surface area (Å²) >= 11 is 0. The summed E-state index contributed by atoms with van der Waals surface area (Å²) in [4.78, 5) is 0. The molecule has 0 bridgehead atoms. The topological polar surface area (TPSA) is 43.4 Å². The zero-order valence-electron chi connectivity index (χ0n) is 7.48. The molecule has 0 aromatic rings. The third kappa shape index (κ3) is 2.31. The quantitative estimate of drug-likeness (QED) is 0.677. The van der Waals surface area contributed by atoms with Crippen LogP contribution in [0.4, 0.5) is 0 Å². The Balaban J connectivity index is 1.87. The first-order chi connectivity index (χ1) is 6.16. The van der Waals surface area contributed by atoms with E-state index in [-0.39, 0.29) is 11.9 Å². The van der Waals surface area contributed by atoms with Gasteiger partial charge in [-0.05, 0) is 18.9 Å². The van der Waals surface area contributed by atoms with Crippen molar-refractivity contribution in [3.8, 4) is 0 Å². The highest BCUT2D eigenvalue weighted by Gasteiger charge is 2.26. The predicted octanol–water partition coefficient (Wildman–Crippen LogP) is 1.26. The summed E-state index contributed by atoms with van der Waals surface area (Å²) in [6.45, 7) is 0. The van der Waals surface area contributed by atoms with E-state index in [4.69, 9.17) is 4.74 Å². The van der Waals surface area contributed by atoms with Crippen molar-refractivity contribution in [2.45, 2.75) is 37.9 Å². The van der Waals surface area contributed by atoms with E-state index in [0.29, 0.717) is 6.10 Å². The number of ether oxygens (including phenoxy) is 1. The number of sulfone groups is 1. The molecule has 1 heterocycles. The van der Waals surface area contributed by atoms with Gasteiger partial charge in [0.25, 0.3) is 0 Å². The molecule has 0 spiro atoms. The molecular formula is C9H14O3S. The van der Waals surface area contributed by atoms with Gasteiger partial charge in [0, 0.05) is 5.41 Å². The van der Waals surface area contributed by atoms with Crippen molar-refractivity contribution in [2.75, 3.05) is 5.75 Å². The van der Waals surface area contributed by atoms with Gasteiger partial charge in [-0.25, -0.2) is 8.42 Å². The highest BCUT2D eigenvalue weighted by atomic mass is 32.2. The van der Waals surface area contributed by atoms with Gasteiger partial charge in [0.1, 0.15) is 0 Å². The molecule has 1 atom stereocenters. The third-order valence-electron chi connectivity index (χ3n) is 2.57. The van der Waals surface area contributed by atoms with Crippen molar-refractivity contribution in [2.24, 2.45) is 0 Å². The van der Waals surface area contributed by atoms with Crippen LogP contribution in [0.15, 0.2) is 11.5 Å². The van der Waals surface area contributed by atoms with Crippen LogP contribution in [0.5, 0.6) is 0 Å². The summed E-state index contributed by atoms with van der Waals surface area (Å²) in [5.74, 6) is 0.142. The Labute approximate surface area is 78.7 Å². The van der Waals surface area contributed by atoms with Crippen LogP contribution in [-0.2, 0) is 14.6 Å². The second kappa shape index (κ2) is 3.42. The van der Waals surface area contributed by atoms with Gasteiger partial charge < -0.3 is 4.74 Å². The van der Waals surface area contributed by atoms with E-state index in [1.165, 1.54) is 18.2 Å².